The van der Waals surface area contributed by atoms with Crippen LogP contribution >= 0.6 is 0 Å². The van der Waals surface area contributed by atoms with E-state index in [1.807, 2.05) is 17.0 Å². The number of fused-ring (bicyclic) bond motifs is 3. The van der Waals surface area contributed by atoms with E-state index in [-0.39, 0.29) is 12.5 Å². The van der Waals surface area contributed by atoms with Gasteiger partial charge in [0.15, 0.2) is 0 Å². The Morgan fingerprint density at radius 1 is 1.04 bits per heavy atom. The molecule has 1 N–H and O–H groups in total. The van der Waals surface area contributed by atoms with E-state index in [1.54, 1.807) is 31.2 Å². The molecule has 4 rings (SSSR count). The van der Waals surface area contributed by atoms with Gasteiger partial charge in [-0.15, -0.1) is 0 Å². The number of H-pyrrole nitrogens is 1. The lowest BCUT2D eigenvalue weighted by atomic mass is 10.1. The van der Waals surface area contributed by atoms with Crippen LogP contribution in [0.3, 0.4) is 0 Å². The number of aromatic nitrogens is 1. The van der Waals surface area contributed by atoms with E-state index in [1.165, 1.54) is 16.6 Å². The molecule has 0 unspecified atom stereocenters. The topological polar surface area (TPSA) is 71.6 Å². The highest BCUT2D eigenvalue weighted by atomic mass is 16.7. The van der Waals surface area contributed by atoms with Crippen molar-refractivity contribution < 1.29 is 19.1 Å². The Labute approximate surface area is 163 Å². The molecule has 0 spiro atoms. The highest BCUT2D eigenvalue weighted by molar-refractivity contribution is 5.94. The van der Waals surface area contributed by atoms with Gasteiger partial charge in [-0.1, -0.05) is 18.2 Å². The summed E-state index contributed by atoms with van der Waals surface area (Å²) in [4.78, 5) is 29.6. The molecule has 0 fully saturated rings. The molecule has 1 amide bonds. The van der Waals surface area contributed by atoms with Crippen LogP contribution in [0.4, 0.5) is 4.79 Å². The van der Waals surface area contributed by atoms with Gasteiger partial charge in [0.05, 0.1) is 6.61 Å². The highest BCUT2D eigenvalue weighted by Gasteiger charge is 2.22. The van der Waals surface area contributed by atoms with Crippen molar-refractivity contribution >= 4 is 23.0 Å². The SMILES string of the molecule is CCOC(=O)Oc1ccc(C(=O)N2CCc3[nH]c4ccccc4c3CC2)cc1. The molecule has 6 nitrogen and oxygen atoms in total. The van der Waals surface area contributed by atoms with Crippen LogP contribution < -0.4 is 4.74 Å². The summed E-state index contributed by atoms with van der Waals surface area (Å²) in [6.45, 7) is 3.30. The maximum atomic E-state index is 12.9. The molecule has 1 aliphatic rings. The molecule has 0 radical (unpaired) electrons. The van der Waals surface area contributed by atoms with Gasteiger partial charge in [0.2, 0.25) is 0 Å². The van der Waals surface area contributed by atoms with Gasteiger partial charge in [-0.05, 0) is 49.2 Å². The van der Waals surface area contributed by atoms with Gasteiger partial charge >= 0.3 is 6.16 Å². The minimum absolute atomic E-state index is 0.0165. The molecule has 2 aromatic carbocycles. The Kier molecular flexibility index (Phi) is 5.02. The number of para-hydroxylation sites is 1. The van der Waals surface area contributed by atoms with Crippen LogP contribution in [0.2, 0.25) is 0 Å². The Morgan fingerprint density at radius 3 is 2.57 bits per heavy atom. The molecule has 3 aromatic rings. The van der Waals surface area contributed by atoms with Gasteiger partial charge in [-0.2, -0.15) is 0 Å². The van der Waals surface area contributed by atoms with E-state index in [9.17, 15) is 9.59 Å². The van der Waals surface area contributed by atoms with Crippen LogP contribution in [0.1, 0.15) is 28.5 Å². The maximum absolute atomic E-state index is 12.9. The van der Waals surface area contributed by atoms with Crippen molar-refractivity contribution in [3.05, 3.63) is 65.4 Å². The molecule has 1 aromatic heterocycles. The first-order chi connectivity index (χ1) is 13.7. The zero-order valence-electron chi connectivity index (χ0n) is 15.7. The molecular formula is C22H22N2O4. The number of nitrogens with zero attached hydrogens (tertiary/aromatic N) is 1. The standard InChI is InChI=1S/C22H22N2O4/c1-2-27-22(26)28-16-9-7-15(8-10-16)21(25)24-13-11-18-17-5-3-4-6-19(17)23-20(18)12-14-24/h3-10,23H,2,11-14H2,1H3. The summed E-state index contributed by atoms with van der Waals surface area (Å²) in [5, 5.41) is 1.24. The number of carbonyl (C=O) groups is 2. The predicted octanol–water partition coefficient (Wildman–Crippen LogP) is 3.94. The van der Waals surface area contributed by atoms with Gasteiger partial charge in [0.25, 0.3) is 5.91 Å². The number of nitrogens with one attached hydrogen (secondary N) is 1. The Balaban J connectivity index is 1.44. The average molecular weight is 378 g/mol. The van der Waals surface area contributed by atoms with Gasteiger partial charge in [-0.25, -0.2) is 4.79 Å². The van der Waals surface area contributed by atoms with E-state index in [2.05, 4.69) is 17.1 Å². The van der Waals surface area contributed by atoms with Crippen molar-refractivity contribution in [3.8, 4) is 5.75 Å². The fourth-order valence-corrected chi connectivity index (χ4v) is 3.65. The lowest BCUT2D eigenvalue weighted by molar-refractivity contribution is 0.0763. The molecule has 0 bridgehead atoms. The van der Waals surface area contributed by atoms with Crippen LogP contribution in [0.25, 0.3) is 10.9 Å². The van der Waals surface area contributed by atoms with E-state index >= 15 is 0 Å². The molecule has 2 heterocycles. The monoisotopic (exact) mass is 378 g/mol. The minimum atomic E-state index is -0.748. The third-order valence-corrected chi connectivity index (χ3v) is 5.02. The average Bonchev–Trinajstić information content (AvgIpc) is 2.92. The second-order valence-corrected chi connectivity index (χ2v) is 6.73. The van der Waals surface area contributed by atoms with Gasteiger partial charge < -0.3 is 19.4 Å². The summed E-state index contributed by atoms with van der Waals surface area (Å²) in [5.74, 6) is 0.337. The summed E-state index contributed by atoms with van der Waals surface area (Å²) in [6.07, 6.45) is 0.886. The largest absolute Gasteiger partial charge is 0.513 e. The van der Waals surface area contributed by atoms with E-state index in [0.29, 0.717) is 24.4 Å². The summed E-state index contributed by atoms with van der Waals surface area (Å²) in [5.41, 5.74) is 4.26. The van der Waals surface area contributed by atoms with Crippen molar-refractivity contribution in [2.24, 2.45) is 0 Å². The number of rotatable bonds is 3. The number of ether oxygens (including phenoxy) is 2. The van der Waals surface area contributed by atoms with Crippen molar-refractivity contribution in [1.29, 1.82) is 0 Å². The summed E-state index contributed by atoms with van der Waals surface area (Å²) >= 11 is 0. The molecule has 6 heteroatoms. The van der Waals surface area contributed by atoms with Crippen molar-refractivity contribution in [3.63, 3.8) is 0 Å². The minimum Gasteiger partial charge on any atom is -0.434 e. The normalized spacial score (nSPS) is 13.7. The second kappa shape index (κ2) is 7.76. The van der Waals surface area contributed by atoms with E-state index < -0.39 is 6.16 Å². The number of hydrogen-bond donors (Lipinski definition) is 1. The van der Waals surface area contributed by atoms with Crippen molar-refractivity contribution in [2.75, 3.05) is 19.7 Å². The number of hydrogen-bond acceptors (Lipinski definition) is 4. The molecular weight excluding hydrogens is 356 g/mol. The Hall–Kier alpha value is -3.28. The summed E-state index contributed by atoms with van der Waals surface area (Å²) < 4.78 is 9.78. The van der Waals surface area contributed by atoms with Crippen LogP contribution in [-0.4, -0.2) is 41.6 Å². The summed E-state index contributed by atoms with van der Waals surface area (Å²) in [6, 6.07) is 14.9. The molecule has 0 saturated heterocycles. The second-order valence-electron chi connectivity index (χ2n) is 6.73. The Bertz CT molecular complexity index is 1010. The summed E-state index contributed by atoms with van der Waals surface area (Å²) in [7, 11) is 0. The van der Waals surface area contributed by atoms with E-state index in [0.717, 1.165) is 18.4 Å². The third-order valence-electron chi connectivity index (χ3n) is 5.02. The smallest absolute Gasteiger partial charge is 0.434 e. The number of amides is 1. The lowest BCUT2D eigenvalue weighted by Gasteiger charge is -2.20. The van der Waals surface area contributed by atoms with Gasteiger partial charge in [0, 0.05) is 41.7 Å². The predicted molar refractivity (Wildman–Crippen MR) is 106 cm³/mol. The zero-order chi connectivity index (χ0) is 19.5. The molecule has 144 valence electrons. The number of benzene rings is 2. The van der Waals surface area contributed by atoms with Gasteiger partial charge in [0.1, 0.15) is 5.75 Å². The van der Waals surface area contributed by atoms with Gasteiger partial charge in [-0.3, -0.25) is 4.79 Å². The number of aromatic amines is 1. The fourth-order valence-electron chi connectivity index (χ4n) is 3.65. The van der Waals surface area contributed by atoms with Crippen molar-refractivity contribution in [1.82, 2.24) is 9.88 Å². The molecule has 0 atom stereocenters. The quantitative estimate of drug-likeness (QED) is 0.553. The molecule has 0 saturated carbocycles. The molecule has 28 heavy (non-hydrogen) atoms. The molecule has 1 aliphatic heterocycles. The van der Waals surface area contributed by atoms with Crippen LogP contribution in [0.15, 0.2) is 48.5 Å². The van der Waals surface area contributed by atoms with Crippen LogP contribution in [0.5, 0.6) is 5.75 Å². The fraction of sp³-hybridized carbons (Fsp3) is 0.273. The Morgan fingerprint density at radius 2 is 1.79 bits per heavy atom. The maximum Gasteiger partial charge on any atom is 0.513 e. The first-order valence-corrected chi connectivity index (χ1v) is 9.48. The van der Waals surface area contributed by atoms with Crippen molar-refractivity contribution in [2.45, 2.75) is 19.8 Å². The zero-order valence-corrected chi connectivity index (χ0v) is 15.7. The first kappa shape index (κ1) is 18.1. The first-order valence-electron chi connectivity index (χ1n) is 9.48. The van der Waals surface area contributed by atoms with Crippen LogP contribution in [-0.2, 0) is 17.6 Å². The number of carbonyl (C=O) groups excluding carboxylic acids is 2. The third kappa shape index (κ3) is 3.58. The van der Waals surface area contributed by atoms with E-state index in [4.69, 9.17) is 9.47 Å². The highest BCUT2D eigenvalue weighted by Crippen LogP contribution is 2.26. The molecule has 0 aliphatic carbocycles. The lowest BCUT2D eigenvalue weighted by Crippen LogP contribution is -2.33. The van der Waals surface area contributed by atoms with Crippen LogP contribution in [0, 0.1) is 0 Å².